The highest BCUT2D eigenvalue weighted by Crippen LogP contribution is 2.18. The number of aliphatic hydroxyl groups is 1. The van der Waals surface area contributed by atoms with Crippen LogP contribution in [0.2, 0.25) is 5.02 Å². The number of halogens is 1. The van der Waals surface area contributed by atoms with Crippen molar-refractivity contribution < 1.29 is 9.90 Å². The van der Waals surface area contributed by atoms with E-state index in [9.17, 15) is 9.90 Å². The highest BCUT2D eigenvalue weighted by molar-refractivity contribution is 6.31. The first-order valence-electron chi connectivity index (χ1n) is 5.97. The van der Waals surface area contributed by atoms with Crippen molar-refractivity contribution in [1.82, 2.24) is 4.90 Å². The van der Waals surface area contributed by atoms with Crippen molar-refractivity contribution in [1.29, 1.82) is 0 Å². The number of hydrogen-bond donors (Lipinski definition) is 1. The molecule has 1 atom stereocenters. The maximum atomic E-state index is 11.8. The van der Waals surface area contributed by atoms with Crippen molar-refractivity contribution in [3.8, 4) is 0 Å². The summed E-state index contributed by atoms with van der Waals surface area (Å²) >= 11 is 6.01. The van der Waals surface area contributed by atoms with Crippen LogP contribution in [0.25, 0.3) is 6.08 Å². The van der Waals surface area contributed by atoms with Gasteiger partial charge in [-0.05, 0) is 36.6 Å². The molecule has 1 aliphatic heterocycles. The van der Waals surface area contributed by atoms with Crippen LogP contribution in [-0.4, -0.2) is 35.1 Å². The number of amides is 1. The molecule has 1 saturated heterocycles. The third kappa shape index (κ3) is 3.12. The number of benzene rings is 1. The quantitative estimate of drug-likeness (QED) is 0.834. The van der Waals surface area contributed by atoms with Gasteiger partial charge in [-0.2, -0.15) is 0 Å². The van der Waals surface area contributed by atoms with Crippen LogP contribution in [0.4, 0.5) is 0 Å². The lowest BCUT2D eigenvalue weighted by atomic mass is 10.1. The molecule has 1 heterocycles. The first kappa shape index (κ1) is 13.1. The molecular formula is C14H16ClNO2. The van der Waals surface area contributed by atoms with E-state index in [0.717, 1.165) is 11.1 Å². The molecule has 1 aliphatic rings. The normalized spacial score (nSPS) is 19.7. The fraction of sp³-hybridized carbons (Fsp3) is 0.357. The van der Waals surface area contributed by atoms with Crippen molar-refractivity contribution in [2.24, 2.45) is 0 Å². The number of hydrogen-bond acceptors (Lipinski definition) is 2. The molecule has 0 spiro atoms. The van der Waals surface area contributed by atoms with E-state index in [1.54, 1.807) is 11.0 Å². The standard InChI is InChI=1S/C14H16ClNO2/c1-10-2-3-11(8-13(10)15)4-5-14(18)16-7-6-12(17)9-16/h2-5,8,12,17H,6-7,9H2,1H3/t12-/m0/s1. The summed E-state index contributed by atoms with van der Waals surface area (Å²) in [5.41, 5.74) is 1.92. The average molecular weight is 266 g/mol. The summed E-state index contributed by atoms with van der Waals surface area (Å²) < 4.78 is 0. The molecule has 0 bridgehead atoms. The van der Waals surface area contributed by atoms with Gasteiger partial charge in [0.25, 0.3) is 0 Å². The number of carbonyl (C=O) groups excluding carboxylic acids is 1. The monoisotopic (exact) mass is 265 g/mol. The molecule has 4 heteroatoms. The average Bonchev–Trinajstić information content (AvgIpc) is 2.77. The lowest BCUT2D eigenvalue weighted by Gasteiger charge is -2.12. The number of aryl methyl sites for hydroxylation is 1. The molecule has 0 unspecified atom stereocenters. The van der Waals surface area contributed by atoms with Crippen LogP contribution in [0.3, 0.4) is 0 Å². The number of aliphatic hydroxyl groups excluding tert-OH is 1. The van der Waals surface area contributed by atoms with Gasteiger partial charge in [-0.3, -0.25) is 4.79 Å². The summed E-state index contributed by atoms with van der Waals surface area (Å²) in [5.74, 6) is -0.0664. The van der Waals surface area contributed by atoms with Crippen molar-refractivity contribution in [2.75, 3.05) is 13.1 Å². The fourth-order valence-corrected chi connectivity index (χ4v) is 2.12. The molecule has 96 valence electrons. The summed E-state index contributed by atoms with van der Waals surface area (Å²) in [4.78, 5) is 13.5. The summed E-state index contributed by atoms with van der Waals surface area (Å²) in [6, 6.07) is 5.68. The smallest absolute Gasteiger partial charge is 0.246 e. The molecule has 1 amide bonds. The van der Waals surface area contributed by atoms with Gasteiger partial charge < -0.3 is 10.0 Å². The second kappa shape index (κ2) is 5.55. The molecular weight excluding hydrogens is 250 g/mol. The molecule has 1 fully saturated rings. The Morgan fingerprint density at radius 1 is 1.56 bits per heavy atom. The number of nitrogens with zero attached hydrogens (tertiary/aromatic N) is 1. The second-order valence-electron chi connectivity index (χ2n) is 4.57. The third-order valence-electron chi connectivity index (χ3n) is 3.09. The Balaban J connectivity index is 2.02. The van der Waals surface area contributed by atoms with Crippen LogP contribution in [0.1, 0.15) is 17.5 Å². The topological polar surface area (TPSA) is 40.5 Å². The molecule has 1 aromatic carbocycles. The van der Waals surface area contributed by atoms with E-state index >= 15 is 0 Å². The predicted molar refractivity (Wildman–Crippen MR) is 72.4 cm³/mol. The molecule has 0 radical (unpaired) electrons. The van der Waals surface area contributed by atoms with Crippen LogP contribution >= 0.6 is 11.6 Å². The van der Waals surface area contributed by atoms with E-state index in [-0.39, 0.29) is 12.0 Å². The lowest BCUT2D eigenvalue weighted by molar-refractivity contribution is -0.125. The Hall–Kier alpha value is -1.32. The summed E-state index contributed by atoms with van der Waals surface area (Å²) in [5, 5.41) is 10.1. The zero-order valence-electron chi connectivity index (χ0n) is 10.3. The maximum Gasteiger partial charge on any atom is 0.246 e. The van der Waals surface area contributed by atoms with Gasteiger partial charge in [-0.1, -0.05) is 23.7 Å². The van der Waals surface area contributed by atoms with Gasteiger partial charge in [0, 0.05) is 24.2 Å². The number of likely N-dealkylation sites (tertiary alicyclic amines) is 1. The van der Waals surface area contributed by atoms with Gasteiger partial charge in [-0.25, -0.2) is 0 Å². The van der Waals surface area contributed by atoms with Crippen molar-refractivity contribution in [3.05, 3.63) is 40.4 Å². The second-order valence-corrected chi connectivity index (χ2v) is 4.98. The van der Waals surface area contributed by atoms with Crippen LogP contribution < -0.4 is 0 Å². The highest BCUT2D eigenvalue weighted by atomic mass is 35.5. The van der Waals surface area contributed by atoms with E-state index in [2.05, 4.69) is 0 Å². The summed E-state index contributed by atoms with van der Waals surface area (Å²) in [7, 11) is 0. The van der Waals surface area contributed by atoms with E-state index in [1.807, 2.05) is 25.1 Å². The molecule has 0 saturated carbocycles. The minimum Gasteiger partial charge on any atom is -0.391 e. The maximum absolute atomic E-state index is 11.8. The van der Waals surface area contributed by atoms with Gasteiger partial charge in [-0.15, -0.1) is 0 Å². The number of carbonyl (C=O) groups is 1. The zero-order valence-corrected chi connectivity index (χ0v) is 11.0. The van der Waals surface area contributed by atoms with Crippen molar-refractivity contribution in [3.63, 3.8) is 0 Å². The van der Waals surface area contributed by atoms with Crippen LogP contribution in [-0.2, 0) is 4.79 Å². The SMILES string of the molecule is Cc1ccc(C=CC(=O)N2CC[C@H](O)C2)cc1Cl. The third-order valence-corrected chi connectivity index (χ3v) is 3.50. The Morgan fingerprint density at radius 2 is 2.33 bits per heavy atom. The van der Waals surface area contributed by atoms with E-state index in [4.69, 9.17) is 11.6 Å². The first-order valence-corrected chi connectivity index (χ1v) is 6.35. The van der Waals surface area contributed by atoms with Gasteiger partial charge in [0.15, 0.2) is 0 Å². The van der Waals surface area contributed by atoms with Gasteiger partial charge in [0.1, 0.15) is 0 Å². The molecule has 18 heavy (non-hydrogen) atoms. The largest absolute Gasteiger partial charge is 0.391 e. The molecule has 1 aromatic rings. The van der Waals surface area contributed by atoms with Gasteiger partial charge >= 0.3 is 0 Å². The zero-order chi connectivity index (χ0) is 13.1. The first-order chi connectivity index (χ1) is 8.56. The minimum absolute atomic E-state index is 0.0664. The summed E-state index contributed by atoms with van der Waals surface area (Å²) in [6.45, 7) is 2.99. The van der Waals surface area contributed by atoms with Crippen molar-refractivity contribution in [2.45, 2.75) is 19.4 Å². The molecule has 3 nitrogen and oxygen atoms in total. The van der Waals surface area contributed by atoms with Crippen LogP contribution in [0, 0.1) is 6.92 Å². The fourth-order valence-electron chi connectivity index (χ4n) is 1.93. The van der Waals surface area contributed by atoms with E-state index in [1.165, 1.54) is 6.08 Å². The lowest BCUT2D eigenvalue weighted by Crippen LogP contribution is -2.27. The number of β-amino-alcohol motifs (C(OH)–C–C–N with tert-alkyl or cyclic N) is 1. The Labute approximate surface area is 112 Å². The highest BCUT2D eigenvalue weighted by Gasteiger charge is 2.22. The molecule has 0 aromatic heterocycles. The summed E-state index contributed by atoms with van der Waals surface area (Å²) in [6.07, 6.45) is 3.56. The molecule has 2 rings (SSSR count). The van der Waals surface area contributed by atoms with E-state index in [0.29, 0.717) is 24.5 Å². The van der Waals surface area contributed by atoms with E-state index < -0.39 is 0 Å². The van der Waals surface area contributed by atoms with Gasteiger partial charge in [0.05, 0.1) is 6.10 Å². The van der Waals surface area contributed by atoms with Gasteiger partial charge in [0.2, 0.25) is 5.91 Å². The minimum atomic E-state index is -0.379. The Kier molecular flexibility index (Phi) is 4.04. The molecule has 0 aliphatic carbocycles. The predicted octanol–water partition coefficient (Wildman–Crippen LogP) is 2.25. The van der Waals surface area contributed by atoms with Crippen molar-refractivity contribution >= 4 is 23.6 Å². The molecule has 1 N–H and O–H groups in total. The Bertz CT molecular complexity index is 485. The number of rotatable bonds is 2. The van der Waals surface area contributed by atoms with Crippen LogP contribution in [0.5, 0.6) is 0 Å². The van der Waals surface area contributed by atoms with Crippen LogP contribution in [0.15, 0.2) is 24.3 Å². The Morgan fingerprint density at radius 3 is 2.94 bits per heavy atom.